The first-order valence-electron chi connectivity index (χ1n) is 4.17. The zero-order valence-corrected chi connectivity index (χ0v) is 7.41. The molecule has 0 aromatic heterocycles. The molecule has 0 bridgehead atoms. The molecule has 0 heterocycles. The fraction of sp³-hybridized carbons (Fsp3) is 1.00. The van der Waals surface area contributed by atoms with E-state index >= 15 is 0 Å². The van der Waals surface area contributed by atoms with Crippen LogP contribution >= 0.6 is 0 Å². The van der Waals surface area contributed by atoms with Gasteiger partial charge in [0, 0.05) is 6.04 Å². The standard InChI is InChI=1S/C8H20N2/c1-4-8(10-3)6-5-7-9-2/h8-10H,4-7H2,1-3H3. The van der Waals surface area contributed by atoms with Gasteiger partial charge in [0.05, 0.1) is 0 Å². The molecule has 62 valence electrons. The van der Waals surface area contributed by atoms with Gasteiger partial charge in [-0.2, -0.15) is 0 Å². The number of nitrogens with one attached hydrogen (secondary N) is 2. The molecule has 2 nitrogen and oxygen atoms in total. The summed E-state index contributed by atoms with van der Waals surface area (Å²) in [6.45, 7) is 3.36. The van der Waals surface area contributed by atoms with Crippen molar-refractivity contribution in [2.45, 2.75) is 32.2 Å². The van der Waals surface area contributed by atoms with Gasteiger partial charge in [-0.15, -0.1) is 0 Å². The van der Waals surface area contributed by atoms with E-state index in [1.165, 1.54) is 19.3 Å². The zero-order valence-electron chi connectivity index (χ0n) is 7.41. The van der Waals surface area contributed by atoms with Crippen molar-refractivity contribution in [3.05, 3.63) is 0 Å². The fourth-order valence-electron chi connectivity index (χ4n) is 1.08. The molecule has 0 spiro atoms. The van der Waals surface area contributed by atoms with Crippen LogP contribution in [0.1, 0.15) is 26.2 Å². The quantitative estimate of drug-likeness (QED) is 0.543. The molecule has 0 aromatic rings. The maximum absolute atomic E-state index is 3.28. The van der Waals surface area contributed by atoms with Gasteiger partial charge in [-0.25, -0.2) is 0 Å². The Morgan fingerprint density at radius 2 is 2.00 bits per heavy atom. The normalized spacial score (nSPS) is 13.5. The minimum Gasteiger partial charge on any atom is -0.320 e. The third kappa shape index (κ3) is 4.77. The molecule has 0 amide bonds. The largest absolute Gasteiger partial charge is 0.320 e. The van der Waals surface area contributed by atoms with Gasteiger partial charge in [0.15, 0.2) is 0 Å². The van der Waals surface area contributed by atoms with Crippen LogP contribution in [-0.2, 0) is 0 Å². The van der Waals surface area contributed by atoms with Crippen LogP contribution < -0.4 is 10.6 Å². The topological polar surface area (TPSA) is 24.1 Å². The Hall–Kier alpha value is -0.0800. The Morgan fingerprint density at radius 1 is 1.30 bits per heavy atom. The summed E-state index contributed by atoms with van der Waals surface area (Å²) < 4.78 is 0. The smallest absolute Gasteiger partial charge is 0.00619 e. The molecule has 0 fully saturated rings. The second kappa shape index (κ2) is 7.03. The van der Waals surface area contributed by atoms with Crippen LogP contribution in [0.3, 0.4) is 0 Å². The van der Waals surface area contributed by atoms with Gasteiger partial charge < -0.3 is 10.6 Å². The van der Waals surface area contributed by atoms with E-state index in [1.807, 2.05) is 14.1 Å². The lowest BCUT2D eigenvalue weighted by Gasteiger charge is -2.12. The van der Waals surface area contributed by atoms with E-state index in [1.54, 1.807) is 0 Å². The fourth-order valence-corrected chi connectivity index (χ4v) is 1.08. The highest BCUT2D eigenvalue weighted by Crippen LogP contribution is 1.98. The molecule has 0 aliphatic rings. The number of hydrogen-bond acceptors (Lipinski definition) is 2. The van der Waals surface area contributed by atoms with Crippen molar-refractivity contribution in [1.82, 2.24) is 10.6 Å². The van der Waals surface area contributed by atoms with Crippen LogP contribution in [0, 0.1) is 0 Å². The molecule has 0 aliphatic carbocycles. The van der Waals surface area contributed by atoms with Crippen molar-refractivity contribution in [2.24, 2.45) is 0 Å². The van der Waals surface area contributed by atoms with Crippen LogP contribution in [0.5, 0.6) is 0 Å². The van der Waals surface area contributed by atoms with Crippen LogP contribution in [0.2, 0.25) is 0 Å². The van der Waals surface area contributed by atoms with Crippen molar-refractivity contribution in [1.29, 1.82) is 0 Å². The number of rotatable bonds is 6. The third-order valence-electron chi connectivity index (χ3n) is 1.88. The Kier molecular flexibility index (Phi) is 6.98. The Balaban J connectivity index is 3.09. The Labute approximate surface area is 64.4 Å². The van der Waals surface area contributed by atoms with Gasteiger partial charge in [-0.3, -0.25) is 0 Å². The Bertz CT molecular complexity index is 60.3. The monoisotopic (exact) mass is 144 g/mol. The molecule has 0 saturated carbocycles. The molecule has 1 atom stereocenters. The molecular formula is C8H20N2. The predicted molar refractivity (Wildman–Crippen MR) is 46.3 cm³/mol. The lowest BCUT2D eigenvalue weighted by atomic mass is 10.1. The van der Waals surface area contributed by atoms with E-state index in [2.05, 4.69) is 17.6 Å². The zero-order chi connectivity index (χ0) is 7.82. The summed E-state index contributed by atoms with van der Waals surface area (Å²) in [5.74, 6) is 0. The summed E-state index contributed by atoms with van der Waals surface area (Å²) in [7, 11) is 4.04. The minimum absolute atomic E-state index is 0.716. The SMILES string of the molecule is CCC(CCCNC)NC. The summed E-state index contributed by atoms with van der Waals surface area (Å²) in [5.41, 5.74) is 0. The van der Waals surface area contributed by atoms with Crippen molar-refractivity contribution in [2.75, 3.05) is 20.6 Å². The van der Waals surface area contributed by atoms with Crippen molar-refractivity contribution < 1.29 is 0 Å². The lowest BCUT2D eigenvalue weighted by Crippen LogP contribution is -2.25. The van der Waals surface area contributed by atoms with E-state index in [-0.39, 0.29) is 0 Å². The molecular weight excluding hydrogens is 124 g/mol. The minimum atomic E-state index is 0.716. The van der Waals surface area contributed by atoms with E-state index in [9.17, 15) is 0 Å². The van der Waals surface area contributed by atoms with Crippen molar-refractivity contribution >= 4 is 0 Å². The average molecular weight is 144 g/mol. The van der Waals surface area contributed by atoms with Crippen molar-refractivity contribution in [3.8, 4) is 0 Å². The maximum atomic E-state index is 3.28. The highest BCUT2D eigenvalue weighted by molar-refractivity contribution is 4.61. The van der Waals surface area contributed by atoms with Gasteiger partial charge in [0.1, 0.15) is 0 Å². The highest BCUT2D eigenvalue weighted by atomic mass is 14.9. The average Bonchev–Trinajstić information content (AvgIpc) is 1.99. The predicted octanol–water partition coefficient (Wildman–Crippen LogP) is 0.984. The Morgan fingerprint density at radius 3 is 2.40 bits per heavy atom. The van der Waals surface area contributed by atoms with Gasteiger partial charge in [-0.05, 0) is 39.9 Å². The molecule has 0 aromatic carbocycles. The third-order valence-corrected chi connectivity index (χ3v) is 1.88. The van der Waals surface area contributed by atoms with Crippen LogP contribution in [0.15, 0.2) is 0 Å². The second-order valence-electron chi connectivity index (χ2n) is 2.64. The first-order chi connectivity index (χ1) is 4.85. The first kappa shape index (κ1) is 9.92. The molecule has 0 aliphatic heterocycles. The first-order valence-corrected chi connectivity index (χ1v) is 4.17. The van der Waals surface area contributed by atoms with Crippen molar-refractivity contribution in [3.63, 3.8) is 0 Å². The molecule has 1 unspecified atom stereocenters. The van der Waals surface area contributed by atoms with E-state index in [0.717, 1.165) is 6.54 Å². The summed E-state index contributed by atoms with van der Waals surface area (Å²) in [5, 5.41) is 6.43. The molecule has 2 heteroatoms. The van der Waals surface area contributed by atoms with Crippen LogP contribution in [0.25, 0.3) is 0 Å². The summed E-state index contributed by atoms with van der Waals surface area (Å²) in [6, 6.07) is 0.716. The van der Waals surface area contributed by atoms with Crippen LogP contribution in [0.4, 0.5) is 0 Å². The van der Waals surface area contributed by atoms with E-state index in [4.69, 9.17) is 0 Å². The van der Waals surface area contributed by atoms with E-state index < -0.39 is 0 Å². The number of hydrogen-bond donors (Lipinski definition) is 2. The highest BCUT2D eigenvalue weighted by Gasteiger charge is 1.99. The van der Waals surface area contributed by atoms with Crippen LogP contribution in [-0.4, -0.2) is 26.7 Å². The van der Waals surface area contributed by atoms with Gasteiger partial charge in [0.2, 0.25) is 0 Å². The summed E-state index contributed by atoms with van der Waals surface area (Å²) in [4.78, 5) is 0. The molecule has 0 rings (SSSR count). The van der Waals surface area contributed by atoms with E-state index in [0.29, 0.717) is 6.04 Å². The molecule has 2 N–H and O–H groups in total. The summed E-state index contributed by atoms with van der Waals surface area (Å²) in [6.07, 6.45) is 3.80. The van der Waals surface area contributed by atoms with Gasteiger partial charge in [0.25, 0.3) is 0 Å². The maximum Gasteiger partial charge on any atom is 0.00619 e. The van der Waals surface area contributed by atoms with Gasteiger partial charge >= 0.3 is 0 Å². The summed E-state index contributed by atoms with van der Waals surface area (Å²) >= 11 is 0. The molecule has 0 radical (unpaired) electrons. The second-order valence-corrected chi connectivity index (χ2v) is 2.64. The molecule has 10 heavy (non-hydrogen) atoms. The molecule has 0 saturated heterocycles. The lowest BCUT2D eigenvalue weighted by molar-refractivity contribution is 0.486. The van der Waals surface area contributed by atoms with Gasteiger partial charge in [-0.1, -0.05) is 6.92 Å².